The van der Waals surface area contributed by atoms with Gasteiger partial charge in [-0.3, -0.25) is 4.79 Å². The fraction of sp³-hybridized carbons (Fsp3) is 0.483. The standard InChI is InChI=1S/C29H32F3N5O/c1-18-13-28(14-18,26-35-34-17-36(26)3)20-6-4-7-21(12-20)37-16-23-22(25(37)38)10-19(11-24(23)29(30,31)32)15-33-27(2)8-5-9-27/h4,6-7,10-12,17-18,33H,5,8-9,13-16H2,1-3H3. The molecule has 38 heavy (non-hydrogen) atoms. The largest absolute Gasteiger partial charge is 0.416 e. The van der Waals surface area contributed by atoms with Crippen molar-refractivity contribution in [3.8, 4) is 0 Å². The van der Waals surface area contributed by atoms with Gasteiger partial charge in [-0.1, -0.05) is 19.1 Å². The Morgan fingerprint density at radius 2 is 1.92 bits per heavy atom. The number of carbonyl (C=O) groups excluding carboxylic acids is 1. The van der Waals surface area contributed by atoms with Gasteiger partial charge in [-0.15, -0.1) is 10.2 Å². The van der Waals surface area contributed by atoms with Gasteiger partial charge in [0.1, 0.15) is 12.2 Å². The first-order valence-corrected chi connectivity index (χ1v) is 13.2. The second-order valence-corrected chi connectivity index (χ2v) is 11.7. The predicted octanol–water partition coefficient (Wildman–Crippen LogP) is 5.74. The van der Waals surface area contributed by atoms with Gasteiger partial charge < -0.3 is 14.8 Å². The highest BCUT2D eigenvalue weighted by Crippen LogP contribution is 2.52. The van der Waals surface area contributed by atoms with Crippen LogP contribution in [-0.4, -0.2) is 26.2 Å². The number of carbonyl (C=O) groups is 1. The van der Waals surface area contributed by atoms with Gasteiger partial charge in [0.25, 0.3) is 5.91 Å². The molecule has 6 nitrogen and oxygen atoms in total. The number of aromatic nitrogens is 3. The van der Waals surface area contributed by atoms with Crippen LogP contribution >= 0.6 is 0 Å². The van der Waals surface area contributed by atoms with E-state index in [9.17, 15) is 18.0 Å². The minimum absolute atomic E-state index is 0.0480. The number of hydrogen-bond donors (Lipinski definition) is 1. The van der Waals surface area contributed by atoms with Crippen LogP contribution in [-0.2, 0) is 31.7 Å². The number of nitrogens with zero attached hydrogens (tertiary/aromatic N) is 4. The van der Waals surface area contributed by atoms with Crippen molar-refractivity contribution in [1.29, 1.82) is 0 Å². The summed E-state index contributed by atoms with van der Waals surface area (Å²) in [5.74, 6) is 0.978. The van der Waals surface area contributed by atoms with Crippen LogP contribution in [0.5, 0.6) is 0 Å². The van der Waals surface area contributed by atoms with Crippen LogP contribution in [0.4, 0.5) is 18.9 Å². The SMILES string of the molecule is CC1CC(c2cccc(N3Cc4c(cc(CNC5(C)CCC5)cc4C(F)(F)F)C3=O)c2)(c2nncn2C)C1. The normalized spacial score (nSPS) is 24.2. The first kappa shape index (κ1) is 25.1. The maximum Gasteiger partial charge on any atom is 0.416 e. The average molecular weight is 524 g/mol. The van der Waals surface area contributed by atoms with Crippen molar-refractivity contribution in [2.45, 2.75) is 76.2 Å². The van der Waals surface area contributed by atoms with Gasteiger partial charge in [-0.05, 0) is 85.9 Å². The van der Waals surface area contributed by atoms with Crippen LogP contribution in [0, 0.1) is 5.92 Å². The van der Waals surface area contributed by atoms with Crippen LogP contribution < -0.4 is 10.2 Å². The van der Waals surface area contributed by atoms with E-state index in [2.05, 4.69) is 29.4 Å². The summed E-state index contributed by atoms with van der Waals surface area (Å²) in [6, 6.07) is 10.5. The summed E-state index contributed by atoms with van der Waals surface area (Å²) in [6.07, 6.45) is 2.04. The second-order valence-electron chi connectivity index (χ2n) is 11.7. The molecular formula is C29H32F3N5O. The van der Waals surface area contributed by atoms with Crippen molar-refractivity contribution < 1.29 is 18.0 Å². The topological polar surface area (TPSA) is 63.1 Å². The van der Waals surface area contributed by atoms with E-state index in [1.807, 2.05) is 29.8 Å². The van der Waals surface area contributed by atoms with Gasteiger partial charge in [-0.25, -0.2) is 0 Å². The Labute approximate surface area is 220 Å². The van der Waals surface area contributed by atoms with E-state index in [0.717, 1.165) is 43.5 Å². The quantitative estimate of drug-likeness (QED) is 0.448. The number of fused-ring (bicyclic) bond motifs is 1. The Morgan fingerprint density at radius 1 is 1.16 bits per heavy atom. The average Bonchev–Trinajstić information content (AvgIpc) is 3.41. The fourth-order valence-electron chi connectivity index (χ4n) is 6.60. The van der Waals surface area contributed by atoms with Crippen molar-refractivity contribution in [1.82, 2.24) is 20.1 Å². The molecule has 1 N–H and O–H groups in total. The first-order chi connectivity index (χ1) is 18.0. The van der Waals surface area contributed by atoms with E-state index in [0.29, 0.717) is 23.7 Å². The molecule has 0 unspecified atom stereocenters. The minimum Gasteiger partial charge on any atom is -0.320 e. The summed E-state index contributed by atoms with van der Waals surface area (Å²) in [5, 5.41) is 11.9. The molecule has 2 fully saturated rings. The third kappa shape index (κ3) is 4.02. The molecule has 0 radical (unpaired) electrons. The third-order valence-corrected chi connectivity index (χ3v) is 8.83. The highest BCUT2D eigenvalue weighted by atomic mass is 19.4. The number of hydrogen-bond acceptors (Lipinski definition) is 4. The van der Waals surface area contributed by atoms with Crippen LogP contribution in [0.1, 0.15) is 84.4 Å². The lowest BCUT2D eigenvalue weighted by atomic mass is 9.58. The maximum atomic E-state index is 14.2. The van der Waals surface area contributed by atoms with Gasteiger partial charge in [0.2, 0.25) is 0 Å². The Balaban J connectivity index is 1.34. The van der Waals surface area contributed by atoms with E-state index < -0.39 is 17.6 Å². The van der Waals surface area contributed by atoms with Crippen molar-refractivity contribution in [3.05, 3.63) is 76.4 Å². The van der Waals surface area contributed by atoms with E-state index in [-0.39, 0.29) is 28.6 Å². The molecule has 200 valence electrons. The second kappa shape index (κ2) is 8.66. The molecule has 1 amide bonds. The molecule has 3 aromatic rings. The Hall–Kier alpha value is -3.20. The number of halogens is 3. The summed E-state index contributed by atoms with van der Waals surface area (Å²) in [6.45, 7) is 4.47. The van der Waals surface area contributed by atoms with Crippen LogP contribution in [0.15, 0.2) is 42.7 Å². The molecule has 2 saturated carbocycles. The summed E-state index contributed by atoms with van der Waals surface area (Å²) in [4.78, 5) is 15.1. The number of amides is 1. The molecule has 2 aromatic carbocycles. The molecule has 2 aliphatic carbocycles. The molecule has 1 aliphatic heterocycles. The molecule has 9 heteroatoms. The highest BCUT2D eigenvalue weighted by molar-refractivity contribution is 6.10. The summed E-state index contributed by atoms with van der Waals surface area (Å²) in [7, 11) is 1.92. The maximum absolute atomic E-state index is 14.2. The number of benzene rings is 2. The number of anilines is 1. The minimum atomic E-state index is -4.55. The van der Waals surface area contributed by atoms with Gasteiger partial charge in [0.15, 0.2) is 0 Å². The molecular weight excluding hydrogens is 491 g/mol. The van der Waals surface area contributed by atoms with Crippen molar-refractivity contribution >= 4 is 11.6 Å². The number of aryl methyl sites for hydroxylation is 1. The zero-order valence-electron chi connectivity index (χ0n) is 21.9. The van der Waals surface area contributed by atoms with E-state index in [1.165, 1.54) is 11.0 Å². The van der Waals surface area contributed by atoms with Gasteiger partial charge in [-0.2, -0.15) is 13.2 Å². The van der Waals surface area contributed by atoms with Crippen molar-refractivity contribution in [2.75, 3.05) is 4.90 Å². The zero-order valence-corrected chi connectivity index (χ0v) is 21.9. The third-order valence-electron chi connectivity index (χ3n) is 8.83. The first-order valence-electron chi connectivity index (χ1n) is 13.2. The Morgan fingerprint density at radius 3 is 2.53 bits per heavy atom. The summed E-state index contributed by atoms with van der Waals surface area (Å²) < 4.78 is 44.4. The van der Waals surface area contributed by atoms with Crippen LogP contribution in [0.2, 0.25) is 0 Å². The molecule has 2 heterocycles. The monoisotopic (exact) mass is 523 g/mol. The molecule has 0 spiro atoms. The Kier molecular flexibility index (Phi) is 5.72. The van der Waals surface area contributed by atoms with Crippen LogP contribution in [0.25, 0.3) is 0 Å². The van der Waals surface area contributed by atoms with E-state index in [4.69, 9.17) is 0 Å². The number of rotatable bonds is 6. The van der Waals surface area contributed by atoms with Crippen molar-refractivity contribution in [2.24, 2.45) is 13.0 Å². The molecule has 6 rings (SSSR count). The lowest BCUT2D eigenvalue weighted by Crippen LogP contribution is -2.47. The van der Waals surface area contributed by atoms with E-state index >= 15 is 0 Å². The molecule has 0 saturated heterocycles. The fourth-order valence-corrected chi connectivity index (χ4v) is 6.60. The van der Waals surface area contributed by atoms with Crippen molar-refractivity contribution in [3.63, 3.8) is 0 Å². The van der Waals surface area contributed by atoms with E-state index in [1.54, 1.807) is 18.5 Å². The smallest absolute Gasteiger partial charge is 0.320 e. The van der Waals surface area contributed by atoms with Gasteiger partial charge >= 0.3 is 6.18 Å². The van der Waals surface area contributed by atoms with Crippen LogP contribution in [0.3, 0.4) is 0 Å². The van der Waals surface area contributed by atoms with Gasteiger partial charge in [0.05, 0.1) is 17.5 Å². The summed E-state index contributed by atoms with van der Waals surface area (Å²) in [5.41, 5.74) is 1.17. The lowest BCUT2D eigenvalue weighted by molar-refractivity contribution is -0.138. The Bertz CT molecular complexity index is 1400. The number of alkyl halides is 3. The zero-order chi connectivity index (χ0) is 26.9. The number of nitrogens with one attached hydrogen (secondary N) is 1. The summed E-state index contributed by atoms with van der Waals surface area (Å²) >= 11 is 0. The van der Waals surface area contributed by atoms with Gasteiger partial charge in [0, 0.05) is 30.4 Å². The lowest BCUT2D eigenvalue weighted by Gasteiger charge is -2.46. The molecule has 0 bridgehead atoms. The highest BCUT2D eigenvalue weighted by Gasteiger charge is 2.48. The molecule has 0 atom stereocenters. The predicted molar refractivity (Wildman–Crippen MR) is 138 cm³/mol. The molecule has 3 aliphatic rings. The molecule has 1 aromatic heterocycles.